The molecule has 6 nitrogen and oxygen atoms in total. The SMILES string of the molecule is CSC(C)(C)CNS(=O)(=O)c1c(N)nc2sccn12. The molecule has 0 saturated heterocycles. The first-order valence-electron chi connectivity index (χ1n) is 5.53. The van der Waals surface area contributed by atoms with Gasteiger partial charge in [-0.05, 0) is 20.1 Å². The number of fused-ring (bicyclic) bond motifs is 1. The molecule has 0 aliphatic heterocycles. The van der Waals surface area contributed by atoms with E-state index in [2.05, 4.69) is 9.71 Å². The van der Waals surface area contributed by atoms with E-state index in [1.165, 1.54) is 15.7 Å². The summed E-state index contributed by atoms with van der Waals surface area (Å²) in [6.45, 7) is 4.27. The summed E-state index contributed by atoms with van der Waals surface area (Å²) >= 11 is 2.94. The number of nitrogens with two attached hydrogens (primary N) is 1. The number of thiazole rings is 1. The maximum absolute atomic E-state index is 12.3. The predicted molar refractivity (Wildman–Crippen MR) is 80.3 cm³/mol. The standard InChI is InChI=1S/C10H16N4O2S3/c1-10(2,17-3)6-12-19(15,16)8-7(11)13-9-14(8)4-5-18-9/h4-5,12H,6,11H2,1-3H3. The lowest BCUT2D eigenvalue weighted by Gasteiger charge is -2.22. The molecule has 0 spiro atoms. The molecule has 0 amide bonds. The molecule has 3 N–H and O–H groups in total. The van der Waals surface area contributed by atoms with Crippen molar-refractivity contribution < 1.29 is 8.42 Å². The highest BCUT2D eigenvalue weighted by molar-refractivity contribution is 8.00. The van der Waals surface area contributed by atoms with Crippen molar-refractivity contribution >= 4 is 43.9 Å². The van der Waals surface area contributed by atoms with Gasteiger partial charge in [0.05, 0.1) is 0 Å². The molecule has 0 saturated carbocycles. The number of nitrogen functional groups attached to an aromatic ring is 1. The lowest BCUT2D eigenvalue weighted by Crippen LogP contribution is -2.36. The molecule has 0 atom stereocenters. The zero-order chi connectivity index (χ0) is 14.3. The highest BCUT2D eigenvalue weighted by atomic mass is 32.2. The van der Waals surface area contributed by atoms with Crippen molar-refractivity contribution in [1.82, 2.24) is 14.1 Å². The zero-order valence-corrected chi connectivity index (χ0v) is 13.3. The topological polar surface area (TPSA) is 89.5 Å². The summed E-state index contributed by atoms with van der Waals surface area (Å²) < 4.78 is 28.6. The van der Waals surface area contributed by atoms with Gasteiger partial charge >= 0.3 is 0 Å². The molecular formula is C10H16N4O2S3. The fourth-order valence-electron chi connectivity index (χ4n) is 1.46. The van der Waals surface area contributed by atoms with Crippen LogP contribution >= 0.6 is 23.1 Å². The van der Waals surface area contributed by atoms with Gasteiger partial charge in [0.1, 0.15) is 0 Å². The molecule has 0 fully saturated rings. The van der Waals surface area contributed by atoms with Gasteiger partial charge in [-0.15, -0.1) is 11.3 Å². The summed E-state index contributed by atoms with van der Waals surface area (Å²) in [5.41, 5.74) is 5.71. The van der Waals surface area contributed by atoms with E-state index in [-0.39, 0.29) is 15.6 Å². The monoisotopic (exact) mass is 320 g/mol. The first-order valence-corrected chi connectivity index (χ1v) is 9.11. The van der Waals surface area contributed by atoms with Crippen molar-refractivity contribution in [2.45, 2.75) is 23.6 Å². The first-order chi connectivity index (χ1) is 8.77. The Labute approximate surface area is 120 Å². The second kappa shape index (κ2) is 4.97. The van der Waals surface area contributed by atoms with Crippen molar-refractivity contribution in [3.63, 3.8) is 0 Å². The van der Waals surface area contributed by atoms with Crippen LogP contribution in [-0.2, 0) is 10.0 Å². The second-order valence-corrected chi connectivity index (χ2v) is 8.71. The Morgan fingerprint density at radius 2 is 2.26 bits per heavy atom. The van der Waals surface area contributed by atoms with E-state index in [1.54, 1.807) is 23.3 Å². The van der Waals surface area contributed by atoms with Crippen LogP contribution in [0.15, 0.2) is 16.6 Å². The van der Waals surface area contributed by atoms with Gasteiger partial charge in [-0.25, -0.2) is 18.1 Å². The molecular weight excluding hydrogens is 304 g/mol. The number of sulfonamides is 1. The Balaban J connectivity index is 2.34. The molecule has 0 aliphatic rings. The van der Waals surface area contributed by atoms with E-state index < -0.39 is 10.0 Å². The van der Waals surface area contributed by atoms with Crippen molar-refractivity contribution in [2.75, 3.05) is 18.5 Å². The Morgan fingerprint density at radius 3 is 2.89 bits per heavy atom. The summed E-state index contributed by atoms with van der Waals surface area (Å²) in [7, 11) is -3.67. The highest BCUT2D eigenvalue weighted by Gasteiger charge is 2.27. The fourth-order valence-corrected chi connectivity index (χ4v) is 3.96. The number of rotatable bonds is 5. The molecule has 2 aromatic heterocycles. The van der Waals surface area contributed by atoms with E-state index in [1.807, 2.05) is 20.1 Å². The van der Waals surface area contributed by atoms with Crippen LogP contribution in [0.1, 0.15) is 13.8 Å². The largest absolute Gasteiger partial charge is 0.381 e. The van der Waals surface area contributed by atoms with Crippen molar-refractivity contribution in [3.05, 3.63) is 11.6 Å². The molecule has 0 aliphatic carbocycles. The van der Waals surface area contributed by atoms with Crippen LogP contribution in [0.25, 0.3) is 4.96 Å². The third-order valence-electron chi connectivity index (χ3n) is 2.74. The number of nitrogens with zero attached hydrogens (tertiary/aromatic N) is 2. The normalized spacial score (nSPS) is 13.2. The number of anilines is 1. The summed E-state index contributed by atoms with van der Waals surface area (Å²) in [5.74, 6) is 0.0290. The van der Waals surface area contributed by atoms with Crippen LogP contribution in [0.3, 0.4) is 0 Å². The van der Waals surface area contributed by atoms with Gasteiger partial charge in [0, 0.05) is 22.9 Å². The van der Waals surface area contributed by atoms with Gasteiger partial charge in [-0.2, -0.15) is 11.8 Å². The predicted octanol–water partition coefficient (Wildman–Crippen LogP) is 1.40. The minimum Gasteiger partial charge on any atom is -0.381 e. The lowest BCUT2D eigenvalue weighted by molar-refractivity contribution is 0.567. The lowest BCUT2D eigenvalue weighted by atomic mass is 10.2. The minimum atomic E-state index is -3.67. The Morgan fingerprint density at radius 1 is 1.58 bits per heavy atom. The average Bonchev–Trinajstić information content (AvgIpc) is 2.86. The first kappa shape index (κ1) is 14.6. The van der Waals surface area contributed by atoms with E-state index in [0.717, 1.165) is 0 Å². The van der Waals surface area contributed by atoms with Crippen LogP contribution < -0.4 is 10.5 Å². The second-order valence-electron chi connectivity index (χ2n) is 4.65. The molecule has 0 aromatic carbocycles. The molecule has 0 unspecified atom stereocenters. The van der Waals surface area contributed by atoms with Crippen LogP contribution in [0.2, 0.25) is 0 Å². The maximum Gasteiger partial charge on any atom is 0.260 e. The fraction of sp³-hybridized carbons (Fsp3) is 0.500. The Kier molecular flexibility index (Phi) is 3.83. The quantitative estimate of drug-likeness (QED) is 0.869. The number of thioether (sulfide) groups is 1. The van der Waals surface area contributed by atoms with Crippen molar-refractivity contribution in [2.24, 2.45) is 0 Å². The van der Waals surface area contributed by atoms with Crippen molar-refractivity contribution in [1.29, 1.82) is 0 Å². The van der Waals surface area contributed by atoms with E-state index >= 15 is 0 Å². The summed E-state index contributed by atoms with van der Waals surface area (Å²) in [5, 5.41) is 1.78. The molecule has 19 heavy (non-hydrogen) atoms. The number of imidazole rings is 1. The number of hydrogen-bond acceptors (Lipinski definition) is 6. The number of aromatic nitrogens is 2. The number of hydrogen-bond donors (Lipinski definition) is 2. The van der Waals surface area contributed by atoms with Gasteiger partial charge in [0.15, 0.2) is 15.8 Å². The van der Waals surface area contributed by atoms with E-state index in [0.29, 0.717) is 11.5 Å². The van der Waals surface area contributed by atoms with Gasteiger partial charge < -0.3 is 5.73 Å². The van der Waals surface area contributed by atoms with Gasteiger partial charge in [0.2, 0.25) is 0 Å². The third kappa shape index (κ3) is 2.88. The molecule has 9 heteroatoms. The molecule has 0 radical (unpaired) electrons. The minimum absolute atomic E-state index is 0.0145. The molecule has 106 valence electrons. The van der Waals surface area contributed by atoms with Crippen LogP contribution in [0.4, 0.5) is 5.82 Å². The van der Waals surface area contributed by atoms with Gasteiger partial charge in [-0.1, -0.05) is 0 Å². The highest BCUT2D eigenvalue weighted by Crippen LogP contribution is 2.25. The summed E-state index contributed by atoms with van der Waals surface area (Å²) in [6.07, 6.45) is 3.59. The van der Waals surface area contributed by atoms with Gasteiger partial charge in [-0.3, -0.25) is 4.40 Å². The van der Waals surface area contributed by atoms with Crippen LogP contribution in [0.5, 0.6) is 0 Å². The van der Waals surface area contributed by atoms with E-state index in [4.69, 9.17) is 5.73 Å². The van der Waals surface area contributed by atoms with Crippen LogP contribution in [-0.4, -0.2) is 35.4 Å². The Bertz CT molecular complexity index is 687. The smallest absolute Gasteiger partial charge is 0.260 e. The molecule has 0 bridgehead atoms. The van der Waals surface area contributed by atoms with Crippen molar-refractivity contribution in [3.8, 4) is 0 Å². The molecule has 2 heterocycles. The van der Waals surface area contributed by atoms with Gasteiger partial charge in [0.25, 0.3) is 10.0 Å². The van der Waals surface area contributed by atoms with E-state index in [9.17, 15) is 8.42 Å². The summed E-state index contributed by atoms with van der Waals surface area (Å²) in [6, 6.07) is 0. The number of nitrogens with one attached hydrogen (secondary N) is 1. The molecule has 2 aromatic rings. The average molecular weight is 320 g/mol. The third-order valence-corrected chi connectivity index (χ3v) is 6.18. The van der Waals surface area contributed by atoms with Crippen LogP contribution in [0, 0.1) is 0 Å². The zero-order valence-electron chi connectivity index (χ0n) is 10.9. The Hall–Kier alpha value is -0.770. The molecule has 2 rings (SSSR count). The summed E-state index contributed by atoms with van der Waals surface area (Å²) in [4.78, 5) is 4.61. The maximum atomic E-state index is 12.3.